The normalized spacial score (nSPS) is 15.0. The lowest BCUT2D eigenvalue weighted by Crippen LogP contribution is -2.26. The molecule has 2 aromatic heterocycles. The maximum absolute atomic E-state index is 14.7. The van der Waals surface area contributed by atoms with Crippen molar-refractivity contribution in [2.75, 3.05) is 18.5 Å². The first-order chi connectivity index (χ1) is 13.1. The molecule has 0 saturated heterocycles. The standard InChI is InChI=1S/C19H16ClFN4O2/c20-12-3-2-11-10-27-9-1-7-23-19(26)15-5-4-13-18(25-15)14(6-8-22-13)24-17(11)16(12)21/h2-6,8,24H,1,7,9-10H2,(H,23,26). The number of pyridine rings is 2. The summed E-state index contributed by atoms with van der Waals surface area (Å²) in [4.78, 5) is 21.0. The molecule has 138 valence electrons. The van der Waals surface area contributed by atoms with Crippen LogP contribution in [0.15, 0.2) is 36.5 Å². The van der Waals surface area contributed by atoms with Gasteiger partial charge in [0.05, 0.1) is 28.5 Å². The van der Waals surface area contributed by atoms with E-state index in [2.05, 4.69) is 20.6 Å². The summed E-state index contributed by atoms with van der Waals surface area (Å²) in [5, 5.41) is 5.88. The Bertz CT molecular complexity index is 1030. The summed E-state index contributed by atoms with van der Waals surface area (Å²) in [6.45, 7) is 1.10. The molecule has 2 N–H and O–H groups in total. The number of hydrogen-bond donors (Lipinski definition) is 2. The summed E-state index contributed by atoms with van der Waals surface area (Å²) < 4.78 is 20.4. The fraction of sp³-hybridized carbons (Fsp3) is 0.211. The van der Waals surface area contributed by atoms with E-state index in [4.69, 9.17) is 16.3 Å². The van der Waals surface area contributed by atoms with Gasteiger partial charge < -0.3 is 15.4 Å². The Hall–Kier alpha value is -2.77. The lowest BCUT2D eigenvalue weighted by atomic mass is 10.1. The molecular weight excluding hydrogens is 371 g/mol. The van der Waals surface area contributed by atoms with Crippen molar-refractivity contribution >= 4 is 39.9 Å². The van der Waals surface area contributed by atoms with E-state index in [9.17, 15) is 9.18 Å². The van der Waals surface area contributed by atoms with Crippen molar-refractivity contribution in [2.45, 2.75) is 13.0 Å². The van der Waals surface area contributed by atoms with E-state index in [0.717, 1.165) is 0 Å². The predicted octanol–water partition coefficient (Wildman–Crippen LogP) is 3.82. The van der Waals surface area contributed by atoms with E-state index in [1.807, 2.05) is 0 Å². The number of nitrogens with one attached hydrogen (secondary N) is 2. The molecule has 0 radical (unpaired) electrons. The number of carbonyl (C=O) groups excluding carboxylic acids is 1. The number of nitrogens with zero attached hydrogens (tertiary/aromatic N) is 2. The summed E-state index contributed by atoms with van der Waals surface area (Å²) in [6, 6.07) is 8.23. The maximum atomic E-state index is 14.7. The number of ether oxygens (including phenoxy) is 1. The largest absolute Gasteiger partial charge is 0.377 e. The number of amides is 1. The Morgan fingerprint density at radius 3 is 2.96 bits per heavy atom. The molecule has 0 unspecified atom stereocenters. The number of aromatic nitrogens is 2. The van der Waals surface area contributed by atoms with Crippen molar-refractivity contribution in [1.29, 1.82) is 0 Å². The van der Waals surface area contributed by atoms with Gasteiger partial charge >= 0.3 is 0 Å². The Balaban J connectivity index is 1.88. The monoisotopic (exact) mass is 386 g/mol. The van der Waals surface area contributed by atoms with Crippen LogP contribution in [0.25, 0.3) is 11.0 Å². The topological polar surface area (TPSA) is 76.1 Å². The quantitative estimate of drug-likeness (QED) is 0.614. The summed E-state index contributed by atoms with van der Waals surface area (Å²) in [6.07, 6.45) is 2.22. The molecule has 2 bridgehead atoms. The van der Waals surface area contributed by atoms with Crippen LogP contribution in [0, 0.1) is 5.82 Å². The Labute approximate surface area is 159 Å². The van der Waals surface area contributed by atoms with Crippen LogP contribution in [0.4, 0.5) is 15.8 Å². The van der Waals surface area contributed by atoms with E-state index in [1.165, 1.54) is 6.07 Å². The van der Waals surface area contributed by atoms with Gasteiger partial charge in [-0.05, 0) is 30.7 Å². The van der Waals surface area contributed by atoms with Crippen molar-refractivity contribution in [3.05, 3.63) is 58.6 Å². The van der Waals surface area contributed by atoms with Crippen molar-refractivity contribution in [3.8, 4) is 0 Å². The minimum absolute atomic E-state index is 0.00811. The maximum Gasteiger partial charge on any atom is 0.269 e. The molecule has 1 aliphatic rings. The van der Waals surface area contributed by atoms with Crippen LogP contribution in [0.2, 0.25) is 5.02 Å². The minimum Gasteiger partial charge on any atom is -0.377 e. The molecule has 6 nitrogen and oxygen atoms in total. The third kappa shape index (κ3) is 3.56. The highest BCUT2D eigenvalue weighted by Gasteiger charge is 2.16. The molecule has 0 fully saturated rings. The molecule has 4 rings (SSSR count). The molecule has 1 amide bonds. The van der Waals surface area contributed by atoms with E-state index < -0.39 is 5.82 Å². The molecule has 0 aliphatic carbocycles. The second kappa shape index (κ2) is 7.46. The summed E-state index contributed by atoms with van der Waals surface area (Å²) in [5.74, 6) is -0.845. The van der Waals surface area contributed by atoms with Gasteiger partial charge in [0, 0.05) is 24.9 Å². The van der Waals surface area contributed by atoms with Crippen LogP contribution in [0.3, 0.4) is 0 Å². The Kier molecular flexibility index (Phi) is 4.87. The number of benzene rings is 1. The van der Waals surface area contributed by atoms with Gasteiger partial charge in [0.2, 0.25) is 0 Å². The summed E-state index contributed by atoms with van der Waals surface area (Å²) in [5.41, 5.74) is 2.71. The molecule has 8 heteroatoms. The molecule has 0 spiro atoms. The fourth-order valence-corrected chi connectivity index (χ4v) is 3.04. The molecular formula is C19H16ClFN4O2. The highest BCUT2D eigenvalue weighted by Crippen LogP contribution is 2.32. The van der Waals surface area contributed by atoms with E-state index >= 15 is 0 Å². The number of anilines is 2. The van der Waals surface area contributed by atoms with Gasteiger partial charge in [-0.25, -0.2) is 9.37 Å². The van der Waals surface area contributed by atoms with Gasteiger partial charge in [-0.15, -0.1) is 0 Å². The number of rotatable bonds is 0. The number of hydrogen-bond acceptors (Lipinski definition) is 5. The van der Waals surface area contributed by atoms with Gasteiger partial charge in [-0.2, -0.15) is 0 Å². The van der Waals surface area contributed by atoms with E-state index in [0.29, 0.717) is 41.9 Å². The van der Waals surface area contributed by atoms with Crippen LogP contribution < -0.4 is 10.6 Å². The Morgan fingerprint density at radius 1 is 1.19 bits per heavy atom. The molecule has 0 atom stereocenters. The first kappa shape index (κ1) is 17.6. The first-order valence-corrected chi connectivity index (χ1v) is 8.87. The zero-order valence-corrected chi connectivity index (χ0v) is 15.0. The van der Waals surface area contributed by atoms with Crippen LogP contribution >= 0.6 is 11.6 Å². The molecule has 27 heavy (non-hydrogen) atoms. The fourth-order valence-electron chi connectivity index (χ4n) is 2.88. The van der Waals surface area contributed by atoms with Gasteiger partial charge in [0.1, 0.15) is 11.2 Å². The van der Waals surface area contributed by atoms with Gasteiger partial charge in [-0.1, -0.05) is 17.7 Å². The lowest BCUT2D eigenvalue weighted by Gasteiger charge is -2.16. The third-order valence-corrected chi connectivity index (χ3v) is 4.56. The molecule has 0 saturated carbocycles. The highest BCUT2D eigenvalue weighted by molar-refractivity contribution is 6.31. The van der Waals surface area contributed by atoms with Gasteiger partial charge in [-0.3, -0.25) is 9.78 Å². The van der Waals surface area contributed by atoms with Crippen LogP contribution in [0.1, 0.15) is 22.5 Å². The van der Waals surface area contributed by atoms with Gasteiger partial charge in [0.15, 0.2) is 5.82 Å². The van der Waals surface area contributed by atoms with E-state index in [-0.39, 0.29) is 28.9 Å². The SMILES string of the molecule is O=C1NCCCOCc2ccc(Cl)c(F)c2Nc2ccnc3ccc1nc23. The first-order valence-electron chi connectivity index (χ1n) is 8.49. The van der Waals surface area contributed by atoms with Crippen molar-refractivity contribution in [2.24, 2.45) is 0 Å². The van der Waals surface area contributed by atoms with Crippen LogP contribution in [-0.4, -0.2) is 29.0 Å². The third-order valence-electron chi connectivity index (χ3n) is 4.27. The molecule has 3 aromatic rings. The highest BCUT2D eigenvalue weighted by atomic mass is 35.5. The number of fused-ring (bicyclic) bond motifs is 2. The zero-order valence-electron chi connectivity index (χ0n) is 14.3. The Morgan fingerprint density at radius 2 is 2.07 bits per heavy atom. The molecule has 1 aromatic carbocycles. The average Bonchev–Trinajstić information content (AvgIpc) is 2.68. The van der Waals surface area contributed by atoms with Crippen molar-refractivity contribution < 1.29 is 13.9 Å². The summed E-state index contributed by atoms with van der Waals surface area (Å²) >= 11 is 5.97. The average molecular weight is 387 g/mol. The van der Waals surface area contributed by atoms with Crippen molar-refractivity contribution in [1.82, 2.24) is 15.3 Å². The predicted molar refractivity (Wildman–Crippen MR) is 101 cm³/mol. The molecule has 3 heterocycles. The second-order valence-electron chi connectivity index (χ2n) is 6.11. The lowest BCUT2D eigenvalue weighted by molar-refractivity contribution is 0.0930. The van der Waals surface area contributed by atoms with Crippen LogP contribution in [-0.2, 0) is 11.3 Å². The number of halogens is 2. The van der Waals surface area contributed by atoms with Gasteiger partial charge in [0.25, 0.3) is 5.91 Å². The van der Waals surface area contributed by atoms with E-state index in [1.54, 1.807) is 30.5 Å². The zero-order chi connectivity index (χ0) is 18.8. The van der Waals surface area contributed by atoms with Crippen molar-refractivity contribution in [3.63, 3.8) is 0 Å². The number of carbonyl (C=O) groups is 1. The second-order valence-corrected chi connectivity index (χ2v) is 6.51. The summed E-state index contributed by atoms with van der Waals surface area (Å²) in [7, 11) is 0. The smallest absolute Gasteiger partial charge is 0.269 e. The molecule has 1 aliphatic heterocycles. The van der Waals surface area contributed by atoms with Crippen LogP contribution in [0.5, 0.6) is 0 Å². The minimum atomic E-state index is -0.566.